The predicted octanol–water partition coefficient (Wildman–Crippen LogP) is 2.35. The fraction of sp³-hybridized carbons (Fsp3) is 0.250. The summed E-state index contributed by atoms with van der Waals surface area (Å²) in [6.07, 6.45) is 1.73. The molecule has 0 fully saturated rings. The zero-order valence-electron chi connectivity index (χ0n) is 13.8. The van der Waals surface area contributed by atoms with Gasteiger partial charge < -0.3 is 5.32 Å². The van der Waals surface area contributed by atoms with Crippen molar-refractivity contribution in [1.29, 1.82) is 0 Å². The number of hydrogen-bond acceptors (Lipinski definition) is 5. The summed E-state index contributed by atoms with van der Waals surface area (Å²) < 4.78 is 26.5. The van der Waals surface area contributed by atoms with Crippen LogP contribution < -0.4 is 5.32 Å². The van der Waals surface area contributed by atoms with Crippen molar-refractivity contribution >= 4 is 33.1 Å². The molecule has 0 saturated carbocycles. The summed E-state index contributed by atoms with van der Waals surface area (Å²) in [5, 5.41) is 8.17. The average Bonchev–Trinajstić information content (AvgIpc) is 2.97. The Bertz CT molecular complexity index is 1000. The number of fused-ring (bicyclic) bond motifs is 1. The fourth-order valence-corrected chi connectivity index (χ4v) is 3.22. The van der Waals surface area contributed by atoms with E-state index in [4.69, 9.17) is 11.6 Å². The molecule has 1 N–H and O–H groups in total. The minimum absolute atomic E-state index is 0.00913. The first kappa shape index (κ1) is 17.7. The second kappa shape index (κ2) is 6.99. The third-order valence-corrected chi connectivity index (χ3v) is 5.77. The Labute approximate surface area is 151 Å². The molecule has 0 radical (unpaired) electrons. The summed E-state index contributed by atoms with van der Waals surface area (Å²) in [4.78, 5) is 4.34. The van der Waals surface area contributed by atoms with Crippen molar-refractivity contribution in [3.8, 4) is 11.3 Å². The van der Waals surface area contributed by atoms with Gasteiger partial charge in [-0.05, 0) is 24.3 Å². The van der Waals surface area contributed by atoms with E-state index in [1.165, 1.54) is 18.4 Å². The number of rotatable bonds is 6. The average molecular weight is 380 g/mol. The number of sulfonamides is 1. The van der Waals surface area contributed by atoms with Crippen LogP contribution in [0.2, 0.25) is 5.02 Å². The minimum atomic E-state index is -3.25. The standard InChI is InChI=1S/C16H18ClN5O2S/c1-21(2)25(23,24)9-8-18-15-6-7-16-19-11-14(22(16)20-15)12-4-3-5-13(17)10-12/h3-7,10-11H,8-9H2,1-2H3,(H,18,20). The normalized spacial score (nSPS) is 12.0. The van der Waals surface area contributed by atoms with E-state index in [-0.39, 0.29) is 12.3 Å². The van der Waals surface area contributed by atoms with Gasteiger partial charge in [-0.2, -0.15) is 0 Å². The van der Waals surface area contributed by atoms with Gasteiger partial charge in [0.25, 0.3) is 0 Å². The summed E-state index contributed by atoms with van der Waals surface area (Å²) >= 11 is 6.06. The van der Waals surface area contributed by atoms with E-state index in [2.05, 4.69) is 15.4 Å². The molecule has 0 atom stereocenters. The number of halogens is 1. The van der Waals surface area contributed by atoms with E-state index in [1.54, 1.807) is 22.8 Å². The summed E-state index contributed by atoms with van der Waals surface area (Å²) in [6, 6.07) is 11.0. The Morgan fingerprint density at radius 2 is 2.04 bits per heavy atom. The van der Waals surface area contributed by atoms with Crippen LogP contribution >= 0.6 is 11.6 Å². The van der Waals surface area contributed by atoms with Gasteiger partial charge in [-0.1, -0.05) is 23.7 Å². The molecule has 2 aromatic heterocycles. The second-order valence-corrected chi connectivity index (χ2v) is 8.41. The molecule has 3 aromatic rings. The van der Waals surface area contributed by atoms with Crippen LogP contribution in [-0.2, 0) is 10.0 Å². The van der Waals surface area contributed by atoms with Crippen molar-refractivity contribution in [3.05, 3.63) is 47.6 Å². The molecule has 0 aliphatic carbocycles. The van der Waals surface area contributed by atoms with Crippen LogP contribution in [0, 0.1) is 0 Å². The van der Waals surface area contributed by atoms with Crippen LogP contribution in [0.1, 0.15) is 0 Å². The first-order chi connectivity index (χ1) is 11.9. The van der Waals surface area contributed by atoms with Crippen LogP contribution in [0.15, 0.2) is 42.6 Å². The van der Waals surface area contributed by atoms with Crippen molar-refractivity contribution in [2.24, 2.45) is 0 Å². The molecule has 9 heteroatoms. The molecular weight excluding hydrogens is 362 g/mol. The van der Waals surface area contributed by atoms with Gasteiger partial charge in [0, 0.05) is 31.2 Å². The molecular formula is C16H18ClN5O2S. The molecule has 0 aliphatic heterocycles. The van der Waals surface area contributed by atoms with Crippen molar-refractivity contribution in [3.63, 3.8) is 0 Å². The maximum atomic E-state index is 11.8. The van der Waals surface area contributed by atoms with Crippen LogP contribution in [0.3, 0.4) is 0 Å². The Morgan fingerprint density at radius 1 is 1.24 bits per heavy atom. The van der Waals surface area contributed by atoms with Gasteiger partial charge in [0.1, 0.15) is 5.82 Å². The SMILES string of the molecule is CN(C)S(=O)(=O)CCNc1ccc2ncc(-c3cccc(Cl)c3)n2n1. The van der Waals surface area contributed by atoms with Crippen LogP contribution in [-0.4, -0.2) is 53.7 Å². The molecule has 0 spiro atoms. The molecule has 132 valence electrons. The zero-order chi connectivity index (χ0) is 18.0. The van der Waals surface area contributed by atoms with Crippen molar-refractivity contribution in [2.75, 3.05) is 31.7 Å². The number of aromatic nitrogens is 3. The van der Waals surface area contributed by atoms with Crippen LogP contribution in [0.5, 0.6) is 0 Å². The molecule has 2 heterocycles. The zero-order valence-corrected chi connectivity index (χ0v) is 15.4. The van der Waals surface area contributed by atoms with Crippen molar-refractivity contribution in [2.45, 2.75) is 0 Å². The highest BCUT2D eigenvalue weighted by molar-refractivity contribution is 7.89. The smallest absolute Gasteiger partial charge is 0.215 e. The lowest BCUT2D eigenvalue weighted by molar-refractivity contribution is 0.521. The quantitative estimate of drug-likeness (QED) is 0.711. The monoisotopic (exact) mass is 379 g/mol. The summed E-state index contributed by atoms with van der Waals surface area (Å²) in [5.41, 5.74) is 2.41. The highest BCUT2D eigenvalue weighted by atomic mass is 35.5. The molecule has 25 heavy (non-hydrogen) atoms. The number of benzene rings is 1. The highest BCUT2D eigenvalue weighted by Crippen LogP contribution is 2.23. The lowest BCUT2D eigenvalue weighted by Crippen LogP contribution is -2.28. The largest absolute Gasteiger partial charge is 0.368 e. The van der Waals surface area contributed by atoms with Crippen molar-refractivity contribution < 1.29 is 8.42 Å². The Morgan fingerprint density at radius 3 is 2.76 bits per heavy atom. The molecule has 1 aromatic carbocycles. The lowest BCUT2D eigenvalue weighted by Gasteiger charge is -2.12. The van der Waals surface area contributed by atoms with Crippen molar-refractivity contribution in [1.82, 2.24) is 18.9 Å². The van der Waals surface area contributed by atoms with Gasteiger partial charge in [-0.15, -0.1) is 5.10 Å². The molecule has 0 bridgehead atoms. The Kier molecular flexibility index (Phi) is 4.94. The number of hydrogen-bond donors (Lipinski definition) is 1. The fourth-order valence-electron chi connectivity index (χ4n) is 2.30. The minimum Gasteiger partial charge on any atom is -0.368 e. The Hall–Kier alpha value is -2.16. The predicted molar refractivity (Wildman–Crippen MR) is 99.4 cm³/mol. The van der Waals surface area contributed by atoms with Crippen LogP contribution in [0.4, 0.5) is 5.82 Å². The molecule has 0 saturated heterocycles. The first-order valence-electron chi connectivity index (χ1n) is 7.61. The molecule has 0 unspecified atom stereocenters. The number of nitrogens with one attached hydrogen (secondary N) is 1. The molecule has 0 aliphatic rings. The molecule has 3 rings (SSSR count). The van der Waals surface area contributed by atoms with Gasteiger partial charge in [-0.25, -0.2) is 22.2 Å². The first-order valence-corrected chi connectivity index (χ1v) is 9.60. The molecule has 7 nitrogen and oxygen atoms in total. The van der Waals surface area contributed by atoms with E-state index >= 15 is 0 Å². The number of imidazole rings is 1. The topological polar surface area (TPSA) is 79.6 Å². The molecule has 0 amide bonds. The van der Waals surface area contributed by atoms with Gasteiger partial charge in [0.15, 0.2) is 5.65 Å². The third kappa shape index (κ3) is 3.92. The van der Waals surface area contributed by atoms with Gasteiger partial charge >= 0.3 is 0 Å². The highest BCUT2D eigenvalue weighted by Gasteiger charge is 2.13. The van der Waals surface area contributed by atoms with Gasteiger partial charge in [0.05, 0.1) is 17.6 Å². The number of nitrogens with zero attached hydrogens (tertiary/aromatic N) is 4. The summed E-state index contributed by atoms with van der Waals surface area (Å²) in [5.74, 6) is 0.563. The van der Waals surface area contributed by atoms with Gasteiger partial charge in [-0.3, -0.25) is 0 Å². The maximum Gasteiger partial charge on any atom is 0.215 e. The van der Waals surface area contributed by atoms with E-state index in [1.807, 2.05) is 24.3 Å². The second-order valence-electron chi connectivity index (χ2n) is 5.67. The summed E-state index contributed by atoms with van der Waals surface area (Å²) in [6.45, 7) is 0.264. The van der Waals surface area contributed by atoms with E-state index < -0.39 is 10.0 Å². The van der Waals surface area contributed by atoms with E-state index in [9.17, 15) is 8.42 Å². The number of anilines is 1. The Balaban J connectivity index is 1.83. The summed E-state index contributed by atoms with van der Waals surface area (Å²) in [7, 11) is -0.214. The van der Waals surface area contributed by atoms with E-state index in [0.717, 1.165) is 11.3 Å². The van der Waals surface area contributed by atoms with E-state index in [0.29, 0.717) is 16.5 Å². The van der Waals surface area contributed by atoms with Gasteiger partial charge in [0.2, 0.25) is 10.0 Å². The maximum absolute atomic E-state index is 11.8. The third-order valence-electron chi connectivity index (χ3n) is 3.71. The van der Waals surface area contributed by atoms with Crippen LogP contribution in [0.25, 0.3) is 16.9 Å². The lowest BCUT2D eigenvalue weighted by atomic mass is 10.2.